The van der Waals surface area contributed by atoms with Gasteiger partial charge < -0.3 is 5.32 Å². The molecular formula is C32H47NO2. The third kappa shape index (κ3) is 3.44. The average molecular weight is 478 g/mol. The second-order valence-corrected chi connectivity index (χ2v) is 14.7. The molecule has 5 aliphatic carbocycles. The molecule has 8 atom stereocenters. The maximum Gasteiger partial charge on any atom is 0.226 e. The van der Waals surface area contributed by atoms with Gasteiger partial charge in [-0.2, -0.15) is 0 Å². The van der Waals surface area contributed by atoms with Crippen LogP contribution in [0.4, 0.5) is 0 Å². The summed E-state index contributed by atoms with van der Waals surface area (Å²) in [5, 5.41) is 3.00. The van der Waals surface area contributed by atoms with Crippen LogP contribution in [-0.2, 0) is 9.59 Å². The molecule has 4 saturated carbocycles. The average Bonchev–Trinajstić information content (AvgIpc) is 2.80. The first-order valence-corrected chi connectivity index (χ1v) is 14.3. The van der Waals surface area contributed by atoms with Crippen molar-refractivity contribution in [3.8, 4) is 12.3 Å². The fraction of sp³-hybridized carbons (Fsp3) is 0.812. The molecule has 0 aliphatic heterocycles. The van der Waals surface area contributed by atoms with Crippen molar-refractivity contribution in [2.75, 3.05) is 6.54 Å². The molecule has 192 valence electrons. The van der Waals surface area contributed by atoms with E-state index in [-0.39, 0.29) is 22.2 Å². The number of hydrogen-bond acceptors (Lipinski definition) is 2. The summed E-state index contributed by atoms with van der Waals surface area (Å²) in [4.78, 5) is 26.0. The first-order valence-electron chi connectivity index (χ1n) is 14.3. The molecule has 0 aromatic heterocycles. The summed E-state index contributed by atoms with van der Waals surface area (Å²) in [6.45, 7) is 14.6. The Morgan fingerprint density at radius 3 is 2.43 bits per heavy atom. The third-order valence-electron chi connectivity index (χ3n) is 12.7. The second kappa shape index (κ2) is 7.97. The first kappa shape index (κ1) is 25.1. The molecule has 0 aromatic rings. The molecule has 0 spiro atoms. The molecule has 1 N–H and O–H groups in total. The van der Waals surface area contributed by atoms with E-state index in [0.717, 1.165) is 38.5 Å². The minimum absolute atomic E-state index is 0.141. The number of nitrogens with one attached hydrogen (secondary N) is 1. The molecule has 0 heterocycles. The lowest BCUT2D eigenvalue weighted by Gasteiger charge is -2.67. The van der Waals surface area contributed by atoms with E-state index in [1.807, 2.05) is 0 Å². The normalized spacial score (nSPS) is 48.3. The summed E-state index contributed by atoms with van der Waals surface area (Å²) in [7, 11) is 0. The second-order valence-electron chi connectivity index (χ2n) is 14.7. The van der Waals surface area contributed by atoms with E-state index in [4.69, 9.17) is 6.42 Å². The van der Waals surface area contributed by atoms with E-state index >= 15 is 0 Å². The van der Waals surface area contributed by atoms with Crippen molar-refractivity contribution in [1.82, 2.24) is 5.32 Å². The fourth-order valence-corrected chi connectivity index (χ4v) is 10.4. The van der Waals surface area contributed by atoms with Crippen LogP contribution < -0.4 is 5.32 Å². The van der Waals surface area contributed by atoms with Gasteiger partial charge in [-0.15, -0.1) is 6.42 Å². The molecule has 5 rings (SSSR count). The van der Waals surface area contributed by atoms with Gasteiger partial charge in [-0.1, -0.05) is 59.1 Å². The van der Waals surface area contributed by atoms with Crippen molar-refractivity contribution < 1.29 is 9.59 Å². The molecule has 4 fully saturated rings. The Balaban J connectivity index is 1.48. The van der Waals surface area contributed by atoms with Gasteiger partial charge in [0.15, 0.2) is 0 Å². The summed E-state index contributed by atoms with van der Waals surface area (Å²) in [6, 6.07) is 0. The van der Waals surface area contributed by atoms with E-state index in [1.165, 1.54) is 25.7 Å². The number of rotatable bonds is 2. The van der Waals surface area contributed by atoms with Crippen LogP contribution >= 0.6 is 0 Å². The number of allylic oxidation sites excluding steroid dienone is 2. The molecule has 5 aliphatic rings. The van der Waals surface area contributed by atoms with Gasteiger partial charge in [-0.25, -0.2) is 0 Å². The molecular weight excluding hydrogens is 430 g/mol. The maximum absolute atomic E-state index is 13.1. The summed E-state index contributed by atoms with van der Waals surface area (Å²) in [5.74, 6) is 5.44. The predicted molar refractivity (Wildman–Crippen MR) is 141 cm³/mol. The zero-order valence-corrected chi connectivity index (χ0v) is 23.1. The summed E-state index contributed by atoms with van der Waals surface area (Å²) >= 11 is 0. The van der Waals surface area contributed by atoms with Crippen molar-refractivity contribution >= 4 is 11.7 Å². The van der Waals surface area contributed by atoms with Crippen LogP contribution in [0.1, 0.15) is 106 Å². The number of ketones is 1. The van der Waals surface area contributed by atoms with Crippen LogP contribution in [0.5, 0.6) is 0 Å². The van der Waals surface area contributed by atoms with Crippen molar-refractivity contribution in [2.24, 2.45) is 50.7 Å². The highest BCUT2D eigenvalue weighted by molar-refractivity contribution is 5.85. The van der Waals surface area contributed by atoms with Crippen molar-refractivity contribution in [3.63, 3.8) is 0 Å². The van der Waals surface area contributed by atoms with E-state index in [0.29, 0.717) is 46.8 Å². The van der Waals surface area contributed by atoms with Crippen LogP contribution in [0.25, 0.3) is 0 Å². The van der Waals surface area contributed by atoms with Gasteiger partial charge in [0.2, 0.25) is 5.91 Å². The lowest BCUT2D eigenvalue weighted by atomic mass is 9.37. The standard InChI is InChI=1S/C32H47NO2/c1-8-19-33-27(35)30(5)18-17-29(4)14-11-22-21(23(29)20-30)9-10-25-31(22,6)15-12-24-28(2,3)26(34)13-16-32(24,25)7/h1,9,22-25H,10-20H2,2-7H3,(H,33,35)/t22-,23+,24+,25+,29+,30-,31+,32+/m1/s1. The van der Waals surface area contributed by atoms with E-state index in [2.05, 4.69) is 58.9 Å². The van der Waals surface area contributed by atoms with E-state index < -0.39 is 0 Å². The molecule has 0 radical (unpaired) electrons. The number of carbonyl (C=O) groups excluding carboxylic acids is 2. The van der Waals surface area contributed by atoms with Gasteiger partial charge in [-0.05, 0) is 97.7 Å². The van der Waals surface area contributed by atoms with Gasteiger partial charge in [0.05, 0.1) is 6.54 Å². The lowest BCUT2D eigenvalue weighted by Crippen LogP contribution is -2.61. The molecule has 1 amide bonds. The minimum Gasteiger partial charge on any atom is -0.345 e. The molecule has 0 aromatic carbocycles. The Labute approximate surface area is 213 Å². The quantitative estimate of drug-likeness (QED) is 0.355. The first-order chi connectivity index (χ1) is 16.3. The number of hydrogen-bond donors (Lipinski definition) is 1. The molecule has 0 saturated heterocycles. The van der Waals surface area contributed by atoms with Crippen molar-refractivity contribution in [1.29, 1.82) is 0 Å². The van der Waals surface area contributed by atoms with Crippen molar-refractivity contribution in [3.05, 3.63) is 11.6 Å². The van der Waals surface area contributed by atoms with Crippen LogP contribution in [-0.4, -0.2) is 18.2 Å². The Bertz CT molecular complexity index is 1000. The smallest absolute Gasteiger partial charge is 0.226 e. The Kier molecular flexibility index (Phi) is 5.71. The zero-order chi connectivity index (χ0) is 25.4. The molecule has 3 nitrogen and oxygen atoms in total. The van der Waals surface area contributed by atoms with Gasteiger partial charge in [0.25, 0.3) is 0 Å². The predicted octanol–water partition coefficient (Wildman–Crippen LogP) is 6.72. The van der Waals surface area contributed by atoms with E-state index in [1.54, 1.807) is 5.57 Å². The number of terminal acetylenes is 1. The van der Waals surface area contributed by atoms with Gasteiger partial charge in [0.1, 0.15) is 5.78 Å². The largest absolute Gasteiger partial charge is 0.345 e. The topological polar surface area (TPSA) is 46.2 Å². The number of carbonyl (C=O) groups is 2. The van der Waals surface area contributed by atoms with Gasteiger partial charge >= 0.3 is 0 Å². The number of fused-ring (bicyclic) bond motifs is 7. The van der Waals surface area contributed by atoms with Gasteiger partial charge in [0, 0.05) is 17.3 Å². The highest BCUT2D eigenvalue weighted by Gasteiger charge is 2.64. The summed E-state index contributed by atoms with van der Waals surface area (Å²) in [6.07, 6.45) is 19.0. The van der Waals surface area contributed by atoms with Crippen LogP contribution in [0.2, 0.25) is 0 Å². The maximum atomic E-state index is 13.1. The highest BCUT2D eigenvalue weighted by atomic mass is 16.2. The Hall–Kier alpha value is -1.56. The zero-order valence-electron chi connectivity index (χ0n) is 23.1. The van der Waals surface area contributed by atoms with Crippen LogP contribution in [0.15, 0.2) is 11.6 Å². The molecule has 3 heteroatoms. The third-order valence-corrected chi connectivity index (χ3v) is 12.7. The molecule has 0 bridgehead atoms. The molecule has 35 heavy (non-hydrogen) atoms. The van der Waals surface area contributed by atoms with E-state index in [9.17, 15) is 9.59 Å². The SMILES string of the molecule is C#CCNC(=O)[C@]1(C)CC[C@]2(C)CC[C@@H]3C(=CC[C@H]4[C@@]3(C)CC[C@H]3C(C)(C)C(=O)CC[C@]43C)[C@@H]2C1. The Morgan fingerprint density at radius 1 is 0.971 bits per heavy atom. The monoisotopic (exact) mass is 477 g/mol. The minimum atomic E-state index is -0.334. The van der Waals surface area contributed by atoms with Crippen molar-refractivity contribution in [2.45, 2.75) is 106 Å². The lowest BCUT2D eigenvalue weighted by molar-refractivity contribution is -0.169. The highest BCUT2D eigenvalue weighted by Crippen LogP contribution is 2.71. The number of Topliss-reactive ketones (excluding diaryl/α,β-unsaturated/α-hetero) is 1. The van der Waals surface area contributed by atoms with Crippen LogP contribution in [0.3, 0.4) is 0 Å². The fourth-order valence-electron chi connectivity index (χ4n) is 10.4. The number of amides is 1. The van der Waals surface area contributed by atoms with Crippen LogP contribution in [0, 0.1) is 63.1 Å². The summed E-state index contributed by atoms with van der Waals surface area (Å²) in [5.41, 5.74) is 1.99. The molecule has 0 unspecified atom stereocenters. The Morgan fingerprint density at radius 2 is 1.71 bits per heavy atom. The van der Waals surface area contributed by atoms with Gasteiger partial charge in [-0.3, -0.25) is 9.59 Å². The summed E-state index contributed by atoms with van der Waals surface area (Å²) < 4.78 is 0.